The average molecular weight is 288 g/mol. The molecule has 0 bridgehead atoms. The van der Waals surface area contributed by atoms with Gasteiger partial charge in [-0.1, -0.05) is 52.5 Å². The van der Waals surface area contributed by atoms with Crippen molar-refractivity contribution in [3.8, 4) is 11.5 Å². The van der Waals surface area contributed by atoms with Gasteiger partial charge in [0.25, 0.3) is 0 Å². The fraction of sp³-hybridized carbons (Fsp3) is 0.0769. The first-order valence-electron chi connectivity index (χ1n) is 4.95. The van der Waals surface area contributed by atoms with Gasteiger partial charge in [-0.05, 0) is 31.2 Å². The number of rotatable bonds is 2. The van der Waals surface area contributed by atoms with E-state index in [1.807, 2.05) is 31.2 Å². The molecule has 4 heteroatoms. The molecule has 2 aromatic rings. The van der Waals surface area contributed by atoms with E-state index in [9.17, 15) is 0 Å². The van der Waals surface area contributed by atoms with Crippen LogP contribution in [0.1, 0.15) is 5.56 Å². The van der Waals surface area contributed by atoms with Gasteiger partial charge in [0.2, 0.25) is 0 Å². The third-order valence-corrected chi connectivity index (χ3v) is 2.98. The Bertz CT molecular complexity index is 512. The predicted molar refractivity (Wildman–Crippen MR) is 72.7 cm³/mol. The Morgan fingerprint density at radius 3 is 1.94 bits per heavy atom. The molecule has 0 fully saturated rings. The summed E-state index contributed by atoms with van der Waals surface area (Å²) in [7, 11) is 0. The Kier molecular flexibility index (Phi) is 3.82. The lowest BCUT2D eigenvalue weighted by atomic mass is 10.2. The zero-order valence-corrected chi connectivity index (χ0v) is 11.3. The van der Waals surface area contributed by atoms with Crippen LogP contribution in [0.4, 0.5) is 0 Å². The molecule has 0 aliphatic rings. The second-order valence-corrected chi connectivity index (χ2v) is 4.86. The monoisotopic (exact) mass is 286 g/mol. The van der Waals surface area contributed by atoms with Gasteiger partial charge in [-0.25, -0.2) is 0 Å². The molecule has 0 heterocycles. The van der Waals surface area contributed by atoms with Crippen LogP contribution in [0, 0.1) is 6.92 Å². The minimum atomic E-state index is 0.392. The maximum atomic E-state index is 6.02. The molecule has 0 aromatic heterocycles. The first kappa shape index (κ1) is 12.6. The smallest absolute Gasteiger partial charge is 0.164 e. The van der Waals surface area contributed by atoms with Crippen molar-refractivity contribution >= 4 is 34.8 Å². The van der Waals surface area contributed by atoms with E-state index in [2.05, 4.69) is 0 Å². The summed E-state index contributed by atoms with van der Waals surface area (Å²) in [6.45, 7) is 2.01. The average Bonchev–Trinajstić information content (AvgIpc) is 2.26. The molecule has 0 N–H and O–H groups in total. The minimum absolute atomic E-state index is 0.392. The number of benzene rings is 2. The number of aryl methyl sites for hydroxylation is 1. The molecule has 2 rings (SSSR count). The summed E-state index contributed by atoms with van der Waals surface area (Å²) in [4.78, 5) is 0. The van der Waals surface area contributed by atoms with Crippen molar-refractivity contribution in [1.29, 1.82) is 0 Å². The highest BCUT2D eigenvalue weighted by molar-refractivity contribution is 6.40. The van der Waals surface area contributed by atoms with Gasteiger partial charge in [0.05, 0.1) is 10.0 Å². The molecule has 0 aliphatic heterocycles. The number of ether oxygens (including phenoxy) is 1. The summed E-state index contributed by atoms with van der Waals surface area (Å²) < 4.78 is 5.63. The molecule has 2 aromatic carbocycles. The Morgan fingerprint density at radius 1 is 0.882 bits per heavy atom. The molecule has 0 saturated heterocycles. The van der Waals surface area contributed by atoms with Crippen LogP contribution < -0.4 is 4.74 Å². The van der Waals surface area contributed by atoms with Crippen LogP contribution >= 0.6 is 34.8 Å². The van der Waals surface area contributed by atoms with Crippen LogP contribution in [0.2, 0.25) is 15.1 Å². The maximum Gasteiger partial charge on any atom is 0.164 e. The van der Waals surface area contributed by atoms with Gasteiger partial charge in [0.15, 0.2) is 5.75 Å². The lowest BCUT2D eigenvalue weighted by molar-refractivity contribution is 0.483. The van der Waals surface area contributed by atoms with Gasteiger partial charge >= 0.3 is 0 Å². The van der Waals surface area contributed by atoms with Gasteiger partial charge < -0.3 is 4.74 Å². The fourth-order valence-corrected chi connectivity index (χ4v) is 2.24. The normalized spacial score (nSPS) is 10.4. The van der Waals surface area contributed by atoms with Crippen LogP contribution in [-0.2, 0) is 0 Å². The first-order chi connectivity index (χ1) is 8.06. The quantitative estimate of drug-likeness (QED) is 0.683. The van der Waals surface area contributed by atoms with E-state index in [4.69, 9.17) is 39.5 Å². The molecule has 0 spiro atoms. The van der Waals surface area contributed by atoms with E-state index in [1.54, 1.807) is 12.1 Å². The molecule has 0 saturated carbocycles. The standard InChI is InChI=1S/C13H9Cl3O/c1-8-2-4-10(5-3-8)17-13-11(15)6-9(14)7-12(13)16/h2-7H,1H3. The maximum absolute atomic E-state index is 6.02. The largest absolute Gasteiger partial charge is 0.454 e. The van der Waals surface area contributed by atoms with Gasteiger partial charge in [-0.2, -0.15) is 0 Å². The van der Waals surface area contributed by atoms with Crippen molar-refractivity contribution in [2.45, 2.75) is 6.92 Å². The summed E-state index contributed by atoms with van der Waals surface area (Å²) in [6.07, 6.45) is 0. The van der Waals surface area contributed by atoms with Crippen LogP contribution in [0.5, 0.6) is 11.5 Å². The lowest BCUT2D eigenvalue weighted by Gasteiger charge is -2.10. The Hall–Kier alpha value is -0.890. The number of hydrogen-bond acceptors (Lipinski definition) is 1. The van der Waals surface area contributed by atoms with Gasteiger partial charge in [0, 0.05) is 5.02 Å². The molecule has 0 radical (unpaired) electrons. The summed E-state index contributed by atoms with van der Waals surface area (Å²) in [5, 5.41) is 1.27. The van der Waals surface area contributed by atoms with Crippen molar-refractivity contribution < 1.29 is 4.74 Å². The third-order valence-electron chi connectivity index (χ3n) is 2.20. The number of halogens is 3. The van der Waals surface area contributed by atoms with Gasteiger partial charge in [-0.3, -0.25) is 0 Å². The van der Waals surface area contributed by atoms with Gasteiger partial charge in [0.1, 0.15) is 5.75 Å². The highest BCUT2D eigenvalue weighted by atomic mass is 35.5. The Balaban J connectivity index is 2.33. The summed E-state index contributed by atoms with van der Waals surface area (Å²) in [5.41, 5.74) is 1.16. The van der Waals surface area contributed by atoms with Crippen molar-refractivity contribution in [1.82, 2.24) is 0 Å². The molecule has 0 aliphatic carbocycles. The van der Waals surface area contributed by atoms with E-state index in [1.165, 1.54) is 0 Å². The van der Waals surface area contributed by atoms with Crippen molar-refractivity contribution in [3.05, 3.63) is 57.0 Å². The van der Waals surface area contributed by atoms with Crippen LogP contribution in [0.15, 0.2) is 36.4 Å². The molecule has 88 valence electrons. The van der Waals surface area contributed by atoms with Crippen LogP contribution in [-0.4, -0.2) is 0 Å². The van der Waals surface area contributed by atoms with Crippen molar-refractivity contribution in [3.63, 3.8) is 0 Å². The predicted octanol–water partition coefficient (Wildman–Crippen LogP) is 5.75. The van der Waals surface area contributed by atoms with Gasteiger partial charge in [-0.15, -0.1) is 0 Å². The Labute approximate surface area is 115 Å². The number of hydrogen-bond donors (Lipinski definition) is 0. The summed E-state index contributed by atoms with van der Waals surface area (Å²) in [6, 6.07) is 10.8. The molecular weight excluding hydrogens is 279 g/mol. The highest BCUT2D eigenvalue weighted by Gasteiger charge is 2.10. The van der Waals surface area contributed by atoms with Crippen LogP contribution in [0.25, 0.3) is 0 Å². The molecular formula is C13H9Cl3O. The summed E-state index contributed by atoms with van der Waals surface area (Å²) in [5.74, 6) is 1.10. The van der Waals surface area contributed by atoms with E-state index in [-0.39, 0.29) is 0 Å². The van der Waals surface area contributed by atoms with E-state index in [0.29, 0.717) is 26.6 Å². The topological polar surface area (TPSA) is 9.23 Å². The SMILES string of the molecule is Cc1ccc(Oc2c(Cl)cc(Cl)cc2Cl)cc1. The first-order valence-corrected chi connectivity index (χ1v) is 6.09. The zero-order valence-electron chi connectivity index (χ0n) is 9.01. The molecule has 1 nitrogen and oxygen atoms in total. The second-order valence-electron chi connectivity index (χ2n) is 3.61. The molecule has 0 amide bonds. The zero-order chi connectivity index (χ0) is 12.4. The Morgan fingerprint density at radius 2 is 1.41 bits per heavy atom. The van der Waals surface area contributed by atoms with E-state index >= 15 is 0 Å². The molecule has 0 atom stereocenters. The highest BCUT2D eigenvalue weighted by Crippen LogP contribution is 2.38. The van der Waals surface area contributed by atoms with Crippen LogP contribution in [0.3, 0.4) is 0 Å². The van der Waals surface area contributed by atoms with Crippen molar-refractivity contribution in [2.24, 2.45) is 0 Å². The minimum Gasteiger partial charge on any atom is -0.454 e. The second kappa shape index (κ2) is 5.18. The van der Waals surface area contributed by atoms with Crippen molar-refractivity contribution in [2.75, 3.05) is 0 Å². The summed E-state index contributed by atoms with van der Waals surface area (Å²) >= 11 is 17.9. The third kappa shape index (κ3) is 3.06. The lowest BCUT2D eigenvalue weighted by Crippen LogP contribution is -1.87. The van der Waals surface area contributed by atoms with E-state index < -0.39 is 0 Å². The molecule has 0 unspecified atom stereocenters. The van der Waals surface area contributed by atoms with E-state index in [0.717, 1.165) is 5.56 Å². The molecule has 17 heavy (non-hydrogen) atoms. The fourth-order valence-electron chi connectivity index (χ4n) is 1.35.